The van der Waals surface area contributed by atoms with Crippen molar-refractivity contribution in [2.24, 2.45) is 0 Å². The highest BCUT2D eigenvalue weighted by atomic mass is 19.4. The van der Waals surface area contributed by atoms with Crippen molar-refractivity contribution in [3.05, 3.63) is 41.3 Å². The average Bonchev–Trinajstić information content (AvgIpc) is 3.15. The number of hydrogen-bond acceptors (Lipinski definition) is 6. The van der Waals surface area contributed by atoms with E-state index >= 15 is 0 Å². The zero-order valence-electron chi connectivity index (χ0n) is 20.4. The van der Waals surface area contributed by atoms with Crippen molar-refractivity contribution in [1.29, 1.82) is 0 Å². The smallest absolute Gasteiger partial charge is 0.416 e. The Balaban J connectivity index is 1.74. The highest BCUT2D eigenvalue weighted by Gasteiger charge is 2.32. The van der Waals surface area contributed by atoms with Gasteiger partial charge in [0.25, 0.3) is 0 Å². The lowest BCUT2D eigenvalue weighted by molar-refractivity contribution is -0.137. The van der Waals surface area contributed by atoms with Gasteiger partial charge in [0.05, 0.1) is 17.0 Å². The number of aromatic hydroxyl groups is 1. The van der Waals surface area contributed by atoms with E-state index in [0.717, 1.165) is 12.1 Å². The first kappa shape index (κ1) is 25.5. The molecule has 0 aliphatic carbocycles. The molecule has 1 amide bonds. The molecule has 8 nitrogen and oxygen atoms in total. The summed E-state index contributed by atoms with van der Waals surface area (Å²) < 4.78 is 55.9. The molecule has 0 bridgehead atoms. The minimum absolute atomic E-state index is 0.0306. The maximum Gasteiger partial charge on any atom is 0.416 e. The number of rotatable bonds is 5. The predicted molar refractivity (Wildman–Crippen MR) is 127 cm³/mol. The third-order valence-corrected chi connectivity index (χ3v) is 6.37. The van der Waals surface area contributed by atoms with Crippen molar-refractivity contribution in [3.8, 4) is 5.88 Å². The molecule has 12 heteroatoms. The summed E-state index contributed by atoms with van der Waals surface area (Å²) in [7, 11) is 0. The average molecular weight is 509 g/mol. The second kappa shape index (κ2) is 9.47. The molecule has 3 heterocycles. The number of piperazine rings is 1. The molecule has 0 saturated carbocycles. The van der Waals surface area contributed by atoms with Crippen LogP contribution in [0.25, 0.3) is 10.9 Å². The van der Waals surface area contributed by atoms with E-state index in [4.69, 9.17) is 0 Å². The fourth-order valence-corrected chi connectivity index (χ4v) is 4.27. The number of anilines is 2. The van der Waals surface area contributed by atoms with Gasteiger partial charge < -0.3 is 24.8 Å². The number of carbonyl (C=O) groups is 1. The largest absolute Gasteiger partial charge is 0.493 e. The minimum Gasteiger partial charge on any atom is -0.493 e. The van der Waals surface area contributed by atoms with Crippen molar-refractivity contribution >= 4 is 28.6 Å². The number of fused-ring (bicyclic) bond motifs is 1. The van der Waals surface area contributed by atoms with Crippen LogP contribution < -0.4 is 10.2 Å². The first-order valence-corrected chi connectivity index (χ1v) is 11.6. The molecule has 0 spiro atoms. The molecule has 4 rings (SSSR count). The molecule has 1 aliphatic heterocycles. The molecule has 0 unspecified atom stereocenters. The standard InChI is InChI=1S/C24H28F4N6O2/c1-13(2)34-12-18-20(22(34)36)30-23(33-9-7-32(8-10-33)15(4)35)31-21(18)29-14(3)17-11-16(24(26,27)28)5-6-19(17)25/h5-6,11-14,36H,7-10H2,1-4H3,(H,29,30,31)/t14-/m1/s1. The number of hydrogen-bond donors (Lipinski definition) is 2. The summed E-state index contributed by atoms with van der Waals surface area (Å²) in [6, 6.07) is 1.30. The Morgan fingerprint density at radius 2 is 1.78 bits per heavy atom. The molecule has 2 aromatic heterocycles. The Morgan fingerprint density at radius 3 is 2.36 bits per heavy atom. The van der Waals surface area contributed by atoms with Gasteiger partial charge in [0.15, 0.2) is 0 Å². The topological polar surface area (TPSA) is 86.5 Å². The lowest BCUT2D eigenvalue weighted by Gasteiger charge is -2.34. The number of aromatic nitrogens is 3. The molecule has 194 valence electrons. The van der Waals surface area contributed by atoms with Crippen LogP contribution in [-0.4, -0.2) is 56.6 Å². The second-order valence-electron chi connectivity index (χ2n) is 9.18. The van der Waals surface area contributed by atoms with Crippen LogP contribution in [-0.2, 0) is 11.0 Å². The first-order valence-electron chi connectivity index (χ1n) is 11.6. The van der Waals surface area contributed by atoms with Gasteiger partial charge in [-0.25, -0.2) is 9.37 Å². The summed E-state index contributed by atoms with van der Waals surface area (Å²) in [6.07, 6.45) is -2.95. The third kappa shape index (κ3) is 4.89. The van der Waals surface area contributed by atoms with Crippen LogP contribution in [0, 0.1) is 5.82 Å². The van der Waals surface area contributed by atoms with Crippen LogP contribution >= 0.6 is 0 Å². The molecular weight excluding hydrogens is 480 g/mol. The van der Waals surface area contributed by atoms with Crippen LogP contribution in [0.2, 0.25) is 0 Å². The zero-order valence-corrected chi connectivity index (χ0v) is 20.4. The van der Waals surface area contributed by atoms with E-state index in [2.05, 4.69) is 15.3 Å². The number of nitrogens with one attached hydrogen (secondary N) is 1. The predicted octanol–water partition coefficient (Wildman–Crippen LogP) is 4.72. The Labute approximate surface area is 205 Å². The van der Waals surface area contributed by atoms with Gasteiger partial charge in [-0.3, -0.25) is 4.79 Å². The van der Waals surface area contributed by atoms with Crippen molar-refractivity contribution in [3.63, 3.8) is 0 Å². The van der Waals surface area contributed by atoms with Crippen LogP contribution in [0.15, 0.2) is 24.4 Å². The summed E-state index contributed by atoms with van der Waals surface area (Å²) in [5.74, 6) is -0.342. The van der Waals surface area contributed by atoms with Gasteiger partial charge in [-0.15, -0.1) is 0 Å². The van der Waals surface area contributed by atoms with Crippen molar-refractivity contribution in [2.75, 3.05) is 36.4 Å². The monoisotopic (exact) mass is 508 g/mol. The van der Waals surface area contributed by atoms with Gasteiger partial charge in [-0.1, -0.05) is 0 Å². The van der Waals surface area contributed by atoms with Gasteiger partial charge in [-0.2, -0.15) is 18.2 Å². The van der Waals surface area contributed by atoms with E-state index in [1.807, 2.05) is 18.7 Å². The number of nitrogens with zero attached hydrogens (tertiary/aromatic N) is 5. The van der Waals surface area contributed by atoms with Crippen molar-refractivity contribution < 1.29 is 27.5 Å². The van der Waals surface area contributed by atoms with Crippen LogP contribution in [0.1, 0.15) is 50.9 Å². The molecule has 1 aromatic carbocycles. The lowest BCUT2D eigenvalue weighted by Crippen LogP contribution is -2.48. The number of halogens is 4. The van der Waals surface area contributed by atoms with E-state index in [-0.39, 0.29) is 34.7 Å². The molecule has 3 aromatic rings. The van der Waals surface area contributed by atoms with Gasteiger partial charge in [0.1, 0.15) is 17.2 Å². The number of alkyl halides is 3. The summed E-state index contributed by atoms with van der Waals surface area (Å²) in [5, 5.41) is 14.3. The Hall–Kier alpha value is -3.57. The van der Waals surface area contributed by atoms with Gasteiger partial charge >= 0.3 is 6.18 Å². The molecule has 1 fully saturated rings. The second-order valence-corrected chi connectivity index (χ2v) is 9.18. The summed E-state index contributed by atoms with van der Waals surface area (Å²) >= 11 is 0. The van der Waals surface area contributed by atoms with Gasteiger partial charge in [0, 0.05) is 50.9 Å². The van der Waals surface area contributed by atoms with E-state index in [9.17, 15) is 27.5 Å². The zero-order chi connectivity index (χ0) is 26.4. The maximum atomic E-state index is 14.5. The molecule has 0 radical (unpaired) electrons. The SMILES string of the molecule is CC(=O)N1CCN(c2nc(N[C@H](C)c3cc(C(F)(F)F)ccc3F)c3cn(C(C)C)c(O)c3n2)CC1. The quantitative estimate of drug-likeness (QED) is 0.486. The fourth-order valence-electron chi connectivity index (χ4n) is 4.27. The van der Waals surface area contributed by atoms with Crippen LogP contribution in [0.3, 0.4) is 0 Å². The summed E-state index contributed by atoms with van der Waals surface area (Å²) in [6.45, 7) is 8.68. The first-order chi connectivity index (χ1) is 16.9. The molecule has 1 saturated heterocycles. The molecule has 36 heavy (non-hydrogen) atoms. The Bertz CT molecular complexity index is 1280. The number of amides is 1. The fraction of sp³-hybridized carbons (Fsp3) is 0.458. The molecular formula is C24H28F4N6O2. The van der Waals surface area contributed by atoms with E-state index in [1.54, 1.807) is 15.7 Å². The molecule has 1 aliphatic rings. The van der Waals surface area contributed by atoms with Crippen molar-refractivity contribution in [1.82, 2.24) is 19.4 Å². The minimum atomic E-state index is -4.61. The van der Waals surface area contributed by atoms with Crippen LogP contribution in [0.5, 0.6) is 5.88 Å². The molecule has 1 atom stereocenters. The maximum absolute atomic E-state index is 14.5. The summed E-state index contributed by atoms with van der Waals surface area (Å²) in [5.41, 5.74) is -0.851. The Kier molecular flexibility index (Phi) is 6.72. The van der Waals surface area contributed by atoms with E-state index < -0.39 is 23.6 Å². The molecule has 2 N–H and O–H groups in total. The van der Waals surface area contributed by atoms with Crippen molar-refractivity contribution in [2.45, 2.75) is 46.0 Å². The normalized spacial score (nSPS) is 15.6. The number of benzene rings is 1. The number of carbonyl (C=O) groups excluding carboxylic acids is 1. The highest BCUT2D eigenvalue weighted by molar-refractivity contribution is 5.94. The van der Waals surface area contributed by atoms with E-state index in [0.29, 0.717) is 43.6 Å². The van der Waals surface area contributed by atoms with Crippen LogP contribution in [0.4, 0.5) is 29.3 Å². The third-order valence-electron chi connectivity index (χ3n) is 6.37. The van der Waals surface area contributed by atoms with E-state index in [1.165, 1.54) is 13.8 Å². The lowest BCUT2D eigenvalue weighted by atomic mass is 10.0. The van der Waals surface area contributed by atoms with Gasteiger partial charge in [0.2, 0.25) is 17.7 Å². The summed E-state index contributed by atoms with van der Waals surface area (Å²) in [4.78, 5) is 24.4. The Morgan fingerprint density at radius 1 is 1.11 bits per heavy atom. The highest BCUT2D eigenvalue weighted by Crippen LogP contribution is 2.37. The van der Waals surface area contributed by atoms with Gasteiger partial charge in [-0.05, 0) is 39.0 Å².